The summed E-state index contributed by atoms with van der Waals surface area (Å²) in [6.45, 7) is 2.11. The summed E-state index contributed by atoms with van der Waals surface area (Å²) in [5, 5.41) is 0.913. The van der Waals surface area contributed by atoms with Crippen molar-refractivity contribution in [1.29, 1.82) is 0 Å². The van der Waals surface area contributed by atoms with Gasteiger partial charge in [0.25, 0.3) is 0 Å². The van der Waals surface area contributed by atoms with Crippen LogP contribution in [0, 0.1) is 0 Å². The summed E-state index contributed by atoms with van der Waals surface area (Å²) in [6, 6.07) is 3.80. The van der Waals surface area contributed by atoms with Crippen LogP contribution in [0.4, 0.5) is 5.82 Å². The summed E-state index contributed by atoms with van der Waals surface area (Å²) >= 11 is 1.63. The Balaban J connectivity index is 2.21. The summed E-state index contributed by atoms with van der Waals surface area (Å²) in [7, 11) is 0. The minimum atomic E-state index is 0.477. The molecule has 0 saturated heterocycles. The average Bonchev–Trinajstić information content (AvgIpc) is 2.83. The number of anilines is 1. The first-order valence-corrected chi connectivity index (χ1v) is 6.43. The lowest BCUT2D eigenvalue weighted by molar-refractivity contribution is 1.10. The monoisotopic (exact) mass is 257 g/mol. The van der Waals surface area contributed by atoms with Gasteiger partial charge in [-0.15, -0.1) is 11.3 Å². The zero-order chi connectivity index (χ0) is 12.5. The zero-order valence-electron chi connectivity index (χ0n) is 9.79. The van der Waals surface area contributed by atoms with Crippen LogP contribution in [-0.4, -0.2) is 19.9 Å². The fourth-order valence-corrected chi connectivity index (χ4v) is 2.66. The number of aromatic nitrogens is 4. The van der Waals surface area contributed by atoms with Crippen molar-refractivity contribution < 1.29 is 0 Å². The van der Waals surface area contributed by atoms with Crippen molar-refractivity contribution in [3.63, 3.8) is 0 Å². The standard InChI is InChI=1S/C12H11N5S/c1-2-7-6-8-9(13)16-11(17-12(8)18-7)10-14-4-3-5-15-10/h3-6H,2H2,1H3,(H2,13,16,17). The number of nitrogens with two attached hydrogens (primary N) is 1. The molecule has 0 aromatic carbocycles. The Morgan fingerprint density at radius 1 is 1.17 bits per heavy atom. The predicted octanol–water partition coefficient (Wildman–Crippen LogP) is 2.29. The van der Waals surface area contributed by atoms with Gasteiger partial charge in [0.1, 0.15) is 10.6 Å². The van der Waals surface area contributed by atoms with E-state index in [0.29, 0.717) is 17.5 Å². The molecule has 0 saturated carbocycles. The van der Waals surface area contributed by atoms with Gasteiger partial charge in [-0.2, -0.15) is 0 Å². The topological polar surface area (TPSA) is 77.6 Å². The number of hydrogen-bond acceptors (Lipinski definition) is 6. The van der Waals surface area contributed by atoms with E-state index >= 15 is 0 Å². The van der Waals surface area contributed by atoms with Crippen LogP contribution in [0.1, 0.15) is 11.8 Å². The van der Waals surface area contributed by atoms with E-state index in [-0.39, 0.29) is 0 Å². The maximum absolute atomic E-state index is 5.96. The summed E-state index contributed by atoms with van der Waals surface area (Å²) in [5.74, 6) is 1.46. The SMILES string of the molecule is CCc1cc2c(N)nc(-c3ncccn3)nc2s1. The van der Waals surface area contributed by atoms with Crippen molar-refractivity contribution in [2.75, 3.05) is 5.73 Å². The lowest BCUT2D eigenvalue weighted by Crippen LogP contribution is -1.98. The molecule has 3 aromatic rings. The molecule has 0 radical (unpaired) electrons. The lowest BCUT2D eigenvalue weighted by Gasteiger charge is -2.00. The van der Waals surface area contributed by atoms with Gasteiger partial charge in [-0.05, 0) is 18.6 Å². The molecule has 0 aliphatic heterocycles. The van der Waals surface area contributed by atoms with Gasteiger partial charge in [0.2, 0.25) is 5.82 Å². The van der Waals surface area contributed by atoms with Crippen molar-refractivity contribution in [1.82, 2.24) is 19.9 Å². The van der Waals surface area contributed by atoms with E-state index in [4.69, 9.17) is 5.73 Å². The Kier molecular flexibility index (Phi) is 2.64. The Bertz CT molecular complexity index is 692. The summed E-state index contributed by atoms with van der Waals surface area (Å²) in [5.41, 5.74) is 5.96. The van der Waals surface area contributed by atoms with Gasteiger partial charge in [-0.1, -0.05) is 6.92 Å². The molecule has 0 bridgehead atoms. The van der Waals surface area contributed by atoms with Crippen molar-refractivity contribution >= 4 is 27.4 Å². The largest absolute Gasteiger partial charge is 0.383 e. The normalized spacial score (nSPS) is 10.9. The van der Waals surface area contributed by atoms with Crippen LogP contribution in [0.5, 0.6) is 0 Å². The smallest absolute Gasteiger partial charge is 0.201 e. The Morgan fingerprint density at radius 2 is 1.94 bits per heavy atom. The highest BCUT2D eigenvalue weighted by Crippen LogP contribution is 2.29. The molecule has 6 heteroatoms. The molecule has 3 rings (SSSR count). The van der Waals surface area contributed by atoms with Gasteiger partial charge in [-0.3, -0.25) is 0 Å². The van der Waals surface area contributed by atoms with Crippen molar-refractivity contribution in [3.05, 3.63) is 29.4 Å². The van der Waals surface area contributed by atoms with E-state index < -0.39 is 0 Å². The molecule has 0 amide bonds. The van der Waals surface area contributed by atoms with Gasteiger partial charge in [0, 0.05) is 17.3 Å². The van der Waals surface area contributed by atoms with E-state index in [1.54, 1.807) is 29.8 Å². The summed E-state index contributed by atoms with van der Waals surface area (Å²) in [4.78, 5) is 19.2. The van der Waals surface area contributed by atoms with Crippen molar-refractivity contribution in [3.8, 4) is 11.6 Å². The number of hydrogen-bond donors (Lipinski definition) is 1. The molecule has 18 heavy (non-hydrogen) atoms. The van der Waals surface area contributed by atoms with Crippen molar-refractivity contribution in [2.24, 2.45) is 0 Å². The number of rotatable bonds is 2. The van der Waals surface area contributed by atoms with E-state index in [0.717, 1.165) is 16.6 Å². The lowest BCUT2D eigenvalue weighted by atomic mass is 10.3. The third-order valence-electron chi connectivity index (χ3n) is 2.59. The van der Waals surface area contributed by atoms with Gasteiger partial charge >= 0.3 is 0 Å². The van der Waals surface area contributed by atoms with Gasteiger partial charge in [0.05, 0.1) is 5.39 Å². The molecule has 5 nitrogen and oxygen atoms in total. The third-order valence-corrected chi connectivity index (χ3v) is 3.76. The summed E-state index contributed by atoms with van der Waals surface area (Å²) < 4.78 is 0. The van der Waals surface area contributed by atoms with E-state index in [1.165, 1.54) is 4.88 Å². The molecule has 0 atom stereocenters. The molecule has 0 spiro atoms. The summed E-state index contributed by atoms with van der Waals surface area (Å²) in [6.07, 6.45) is 4.30. The number of nitrogen functional groups attached to an aromatic ring is 1. The molecule has 90 valence electrons. The van der Waals surface area contributed by atoms with Gasteiger partial charge in [-0.25, -0.2) is 19.9 Å². The minimum absolute atomic E-state index is 0.477. The molecular weight excluding hydrogens is 246 g/mol. The molecule has 0 fully saturated rings. The molecule has 0 unspecified atom stereocenters. The number of thiophene rings is 1. The minimum Gasteiger partial charge on any atom is -0.383 e. The second kappa shape index (κ2) is 4.30. The highest BCUT2D eigenvalue weighted by molar-refractivity contribution is 7.18. The fraction of sp³-hybridized carbons (Fsp3) is 0.167. The molecule has 3 heterocycles. The van der Waals surface area contributed by atoms with E-state index in [1.807, 2.05) is 6.07 Å². The first-order valence-electron chi connectivity index (χ1n) is 5.61. The second-order valence-electron chi connectivity index (χ2n) is 3.79. The number of fused-ring (bicyclic) bond motifs is 1. The van der Waals surface area contributed by atoms with E-state index in [2.05, 4.69) is 26.9 Å². The first kappa shape index (κ1) is 11.0. The molecule has 3 aromatic heterocycles. The molecule has 0 aliphatic carbocycles. The van der Waals surface area contributed by atoms with Crippen LogP contribution in [0.25, 0.3) is 21.9 Å². The Morgan fingerprint density at radius 3 is 2.67 bits per heavy atom. The van der Waals surface area contributed by atoms with Crippen LogP contribution < -0.4 is 5.73 Å². The molecular formula is C12H11N5S. The highest BCUT2D eigenvalue weighted by atomic mass is 32.1. The third kappa shape index (κ3) is 1.80. The maximum atomic E-state index is 5.96. The Hall–Kier alpha value is -2.08. The zero-order valence-corrected chi connectivity index (χ0v) is 10.6. The fourth-order valence-electron chi connectivity index (χ4n) is 1.68. The number of aryl methyl sites for hydroxylation is 1. The maximum Gasteiger partial charge on any atom is 0.201 e. The van der Waals surface area contributed by atoms with Crippen LogP contribution in [-0.2, 0) is 6.42 Å². The number of nitrogens with zero attached hydrogens (tertiary/aromatic N) is 4. The van der Waals surface area contributed by atoms with Crippen LogP contribution in [0.3, 0.4) is 0 Å². The molecule has 0 aliphatic rings. The highest BCUT2D eigenvalue weighted by Gasteiger charge is 2.11. The van der Waals surface area contributed by atoms with Crippen LogP contribution in [0.2, 0.25) is 0 Å². The second-order valence-corrected chi connectivity index (χ2v) is 4.91. The van der Waals surface area contributed by atoms with Crippen molar-refractivity contribution in [2.45, 2.75) is 13.3 Å². The Labute approximate surface area is 108 Å². The molecule has 2 N–H and O–H groups in total. The quantitative estimate of drug-likeness (QED) is 0.762. The first-order chi connectivity index (χ1) is 8.78. The van der Waals surface area contributed by atoms with Crippen LogP contribution in [0.15, 0.2) is 24.5 Å². The predicted molar refractivity (Wildman–Crippen MR) is 72.2 cm³/mol. The van der Waals surface area contributed by atoms with Crippen LogP contribution >= 0.6 is 11.3 Å². The van der Waals surface area contributed by atoms with E-state index in [9.17, 15) is 0 Å². The van der Waals surface area contributed by atoms with Gasteiger partial charge < -0.3 is 5.73 Å². The average molecular weight is 257 g/mol. The van der Waals surface area contributed by atoms with Gasteiger partial charge in [0.15, 0.2) is 5.82 Å².